The van der Waals surface area contributed by atoms with Gasteiger partial charge < -0.3 is 0 Å². The molecule has 1 amide bonds. The third-order valence-electron chi connectivity index (χ3n) is 3.07. The van der Waals surface area contributed by atoms with Gasteiger partial charge in [-0.3, -0.25) is 10.0 Å². The first-order chi connectivity index (χ1) is 8.74. The second-order valence-electron chi connectivity index (χ2n) is 4.16. The largest absolute Gasteiger partial charge is 0.288 e. The zero-order valence-electron chi connectivity index (χ0n) is 10.1. The normalized spacial score (nSPS) is 11.9. The first-order valence-electron chi connectivity index (χ1n) is 5.82. The minimum absolute atomic E-state index is 0.0969. The summed E-state index contributed by atoms with van der Waals surface area (Å²) in [4.78, 5) is 11.6. The molecule has 0 heterocycles. The lowest BCUT2D eigenvalue weighted by Crippen LogP contribution is -2.21. The minimum atomic E-state index is -0.478. The zero-order chi connectivity index (χ0) is 13.0. The lowest BCUT2D eigenvalue weighted by Gasteiger charge is -2.15. The summed E-state index contributed by atoms with van der Waals surface area (Å²) in [5.41, 5.74) is 4.22. The van der Waals surface area contributed by atoms with Gasteiger partial charge in [0.1, 0.15) is 0 Å². The maximum atomic E-state index is 11.6. The van der Waals surface area contributed by atoms with Crippen molar-refractivity contribution in [3.63, 3.8) is 0 Å². The van der Waals surface area contributed by atoms with Gasteiger partial charge in [0.25, 0.3) is 5.91 Å². The average molecular weight is 241 g/mol. The van der Waals surface area contributed by atoms with Gasteiger partial charge >= 0.3 is 0 Å². The molecule has 1 unspecified atom stereocenters. The fourth-order valence-electron chi connectivity index (χ4n) is 2.06. The molecule has 0 aromatic heterocycles. The molecule has 2 aromatic carbocycles. The number of hydroxylamine groups is 1. The third kappa shape index (κ3) is 2.41. The number of hydrogen-bond donors (Lipinski definition) is 2. The number of rotatable bonds is 3. The van der Waals surface area contributed by atoms with Gasteiger partial charge in [-0.2, -0.15) is 0 Å². The van der Waals surface area contributed by atoms with Crippen molar-refractivity contribution in [3.8, 4) is 0 Å². The Balaban J connectivity index is 2.42. The SMILES string of the molecule is CC(c1ccccc1)c1ccccc1C(=O)NO. The Labute approximate surface area is 106 Å². The Hall–Kier alpha value is -2.13. The number of carbonyl (C=O) groups excluding carboxylic acids is 1. The van der Waals surface area contributed by atoms with Crippen LogP contribution in [0.5, 0.6) is 0 Å². The van der Waals surface area contributed by atoms with Crippen molar-refractivity contribution in [3.05, 3.63) is 71.3 Å². The van der Waals surface area contributed by atoms with Crippen molar-refractivity contribution in [2.75, 3.05) is 0 Å². The minimum Gasteiger partial charge on any atom is -0.288 e. The molecule has 0 spiro atoms. The molecule has 0 fully saturated rings. The highest BCUT2D eigenvalue weighted by Gasteiger charge is 2.16. The van der Waals surface area contributed by atoms with Crippen molar-refractivity contribution in [2.24, 2.45) is 0 Å². The molecular formula is C15H15NO2. The first-order valence-corrected chi connectivity index (χ1v) is 5.82. The van der Waals surface area contributed by atoms with Gasteiger partial charge in [0.05, 0.1) is 0 Å². The van der Waals surface area contributed by atoms with E-state index in [0.717, 1.165) is 11.1 Å². The third-order valence-corrected chi connectivity index (χ3v) is 3.07. The van der Waals surface area contributed by atoms with Gasteiger partial charge in [-0.15, -0.1) is 0 Å². The standard InChI is InChI=1S/C15H15NO2/c1-11(12-7-3-2-4-8-12)13-9-5-6-10-14(13)15(17)16-18/h2-11,18H,1H3,(H,16,17). The van der Waals surface area contributed by atoms with E-state index in [1.807, 2.05) is 49.4 Å². The van der Waals surface area contributed by atoms with E-state index in [1.165, 1.54) is 0 Å². The van der Waals surface area contributed by atoms with E-state index >= 15 is 0 Å². The van der Waals surface area contributed by atoms with Crippen LogP contribution in [0.25, 0.3) is 0 Å². The molecule has 0 saturated carbocycles. The van der Waals surface area contributed by atoms with E-state index in [1.54, 1.807) is 17.6 Å². The number of nitrogens with one attached hydrogen (secondary N) is 1. The molecule has 0 saturated heterocycles. The van der Waals surface area contributed by atoms with E-state index in [2.05, 4.69) is 0 Å². The van der Waals surface area contributed by atoms with Crippen LogP contribution in [0.15, 0.2) is 54.6 Å². The Bertz CT molecular complexity index is 537. The fraction of sp³-hybridized carbons (Fsp3) is 0.133. The topological polar surface area (TPSA) is 49.3 Å². The van der Waals surface area contributed by atoms with Gasteiger partial charge in [-0.25, -0.2) is 5.48 Å². The number of benzene rings is 2. The molecule has 1 atom stereocenters. The summed E-state index contributed by atoms with van der Waals surface area (Å²) in [7, 11) is 0. The predicted octanol–water partition coefficient (Wildman–Crippen LogP) is 2.96. The molecule has 92 valence electrons. The van der Waals surface area contributed by atoms with Crippen LogP contribution in [0.2, 0.25) is 0 Å². The van der Waals surface area contributed by atoms with Crippen molar-refractivity contribution in [2.45, 2.75) is 12.8 Å². The van der Waals surface area contributed by atoms with Crippen LogP contribution in [0.4, 0.5) is 0 Å². The molecule has 2 N–H and O–H groups in total. The predicted molar refractivity (Wildman–Crippen MR) is 69.7 cm³/mol. The lowest BCUT2D eigenvalue weighted by atomic mass is 9.89. The van der Waals surface area contributed by atoms with Crippen molar-refractivity contribution >= 4 is 5.91 Å². The van der Waals surface area contributed by atoms with E-state index in [9.17, 15) is 4.79 Å². The lowest BCUT2D eigenvalue weighted by molar-refractivity contribution is 0.0705. The average Bonchev–Trinajstić information content (AvgIpc) is 2.46. The monoisotopic (exact) mass is 241 g/mol. The number of amides is 1. The van der Waals surface area contributed by atoms with Crippen LogP contribution in [-0.4, -0.2) is 11.1 Å². The van der Waals surface area contributed by atoms with Crippen molar-refractivity contribution < 1.29 is 10.0 Å². The van der Waals surface area contributed by atoms with Crippen molar-refractivity contribution in [1.82, 2.24) is 5.48 Å². The van der Waals surface area contributed by atoms with Crippen LogP contribution < -0.4 is 5.48 Å². The number of hydrogen-bond acceptors (Lipinski definition) is 2. The highest BCUT2D eigenvalue weighted by atomic mass is 16.5. The maximum absolute atomic E-state index is 11.6. The van der Waals surface area contributed by atoms with Gasteiger partial charge in [0, 0.05) is 11.5 Å². The molecule has 3 nitrogen and oxygen atoms in total. The van der Waals surface area contributed by atoms with Gasteiger partial charge in [0.15, 0.2) is 0 Å². The van der Waals surface area contributed by atoms with Crippen LogP contribution in [0.3, 0.4) is 0 Å². The molecule has 18 heavy (non-hydrogen) atoms. The van der Waals surface area contributed by atoms with Crippen LogP contribution in [-0.2, 0) is 0 Å². The van der Waals surface area contributed by atoms with Gasteiger partial charge in [0.2, 0.25) is 0 Å². The molecule has 0 aliphatic rings. The molecule has 2 aromatic rings. The quantitative estimate of drug-likeness (QED) is 0.641. The molecule has 0 bridgehead atoms. The second-order valence-corrected chi connectivity index (χ2v) is 4.16. The van der Waals surface area contributed by atoms with Gasteiger partial charge in [-0.05, 0) is 17.2 Å². The highest BCUT2D eigenvalue weighted by molar-refractivity contribution is 5.95. The maximum Gasteiger partial charge on any atom is 0.274 e. The van der Waals surface area contributed by atoms with Crippen LogP contribution in [0.1, 0.15) is 34.3 Å². The second kappa shape index (κ2) is 5.47. The summed E-state index contributed by atoms with van der Waals surface area (Å²) < 4.78 is 0. The summed E-state index contributed by atoms with van der Waals surface area (Å²) in [6.45, 7) is 2.04. The van der Waals surface area contributed by atoms with Gasteiger partial charge in [-0.1, -0.05) is 55.5 Å². The molecule has 2 rings (SSSR count). The molecule has 0 radical (unpaired) electrons. The Morgan fingerprint density at radius 1 is 1.06 bits per heavy atom. The van der Waals surface area contributed by atoms with E-state index in [0.29, 0.717) is 5.56 Å². The smallest absolute Gasteiger partial charge is 0.274 e. The summed E-state index contributed by atoms with van der Waals surface area (Å²) >= 11 is 0. The molecule has 0 aliphatic heterocycles. The summed E-state index contributed by atoms with van der Waals surface area (Å²) in [5.74, 6) is -0.381. The highest BCUT2D eigenvalue weighted by Crippen LogP contribution is 2.26. The van der Waals surface area contributed by atoms with Crippen LogP contribution >= 0.6 is 0 Å². The summed E-state index contributed by atoms with van der Waals surface area (Å²) in [6.07, 6.45) is 0. The van der Waals surface area contributed by atoms with E-state index < -0.39 is 5.91 Å². The Morgan fingerprint density at radius 2 is 1.67 bits per heavy atom. The van der Waals surface area contributed by atoms with Crippen LogP contribution in [0, 0.1) is 0 Å². The Kier molecular flexibility index (Phi) is 3.75. The van der Waals surface area contributed by atoms with Crippen molar-refractivity contribution in [1.29, 1.82) is 0 Å². The molecular weight excluding hydrogens is 226 g/mol. The summed E-state index contributed by atoms with van der Waals surface area (Å²) in [6, 6.07) is 17.2. The molecule has 0 aliphatic carbocycles. The number of carbonyl (C=O) groups is 1. The fourth-order valence-corrected chi connectivity index (χ4v) is 2.06. The molecule has 3 heteroatoms. The Morgan fingerprint density at radius 3 is 2.33 bits per heavy atom. The summed E-state index contributed by atoms with van der Waals surface area (Å²) in [5, 5.41) is 8.77. The first kappa shape index (κ1) is 12.3. The van der Waals surface area contributed by atoms with E-state index in [-0.39, 0.29) is 5.92 Å². The van der Waals surface area contributed by atoms with E-state index in [4.69, 9.17) is 5.21 Å². The zero-order valence-corrected chi connectivity index (χ0v) is 10.1.